The Morgan fingerprint density at radius 3 is 1.29 bits per heavy atom. The molecule has 0 aliphatic heterocycles. The highest BCUT2D eigenvalue weighted by atomic mass is 16.6. The van der Waals surface area contributed by atoms with Gasteiger partial charge in [0, 0.05) is 35.4 Å². The first-order chi connectivity index (χ1) is 19.7. The van der Waals surface area contributed by atoms with E-state index >= 15 is 0 Å². The summed E-state index contributed by atoms with van der Waals surface area (Å²) in [5.74, 6) is 0.203. The van der Waals surface area contributed by atoms with Gasteiger partial charge in [-0.25, -0.2) is 0 Å². The molecular formula is C31H26N2O8. The van der Waals surface area contributed by atoms with Crippen LogP contribution >= 0.6 is 0 Å². The van der Waals surface area contributed by atoms with Gasteiger partial charge in [-0.15, -0.1) is 0 Å². The van der Waals surface area contributed by atoms with E-state index in [4.69, 9.17) is 9.47 Å². The van der Waals surface area contributed by atoms with Crippen LogP contribution in [0.4, 0.5) is 11.4 Å². The van der Waals surface area contributed by atoms with Gasteiger partial charge < -0.3 is 9.47 Å². The minimum Gasteiger partial charge on any atom is -0.496 e. The summed E-state index contributed by atoms with van der Waals surface area (Å²) in [7, 11) is 2.95. The monoisotopic (exact) mass is 554 g/mol. The van der Waals surface area contributed by atoms with Gasteiger partial charge in [0.2, 0.25) is 0 Å². The smallest absolute Gasteiger partial charge is 0.269 e. The van der Waals surface area contributed by atoms with Gasteiger partial charge in [0.15, 0.2) is 11.6 Å². The highest BCUT2D eigenvalue weighted by Gasteiger charge is 2.18. The number of carbonyl (C=O) groups excluding carboxylic acids is 2. The number of methoxy groups -OCH3 is 2. The molecule has 0 spiro atoms. The zero-order chi connectivity index (χ0) is 29.5. The number of nitro groups is 2. The van der Waals surface area contributed by atoms with Crippen molar-refractivity contribution in [1.29, 1.82) is 0 Å². The molecule has 0 amide bonds. The molecule has 41 heavy (non-hydrogen) atoms. The summed E-state index contributed by atoms with van der Waals surface area (Å²) in [6.07, 6.45) is 2.00. The van der Waals surface area contributed by atoms with Crippen molar-refractivity contribution in [3.05, 3.63) is 139 Å². The largest absolute Gasteiger partial charge is 0.496 e. The van der Waals surface area contributed by atoms with Gasteiger partial charge in [0.25, 0.3) is 11.4 Å². The Bertz CT molecular complexity index is 1490. The summed E-state index contributed by atoms with van der Waals surface area (Å²) < 4.78 is 10.8. The molecule has 0 atom stereocenters. The van der Waals surface area contributed by atoms with E-state index in [1.54, 1.807) is 24.3 Å². The number of hydrogen-bond acceptors (Lipinski definition) is 8. The molecule has 208 valence electrons. The molecule has 0 aliphatic carbocycles. The third kappa shape index (κ3) is 6.62. The SMILES string of the molecule is COc1ccc(CCCc2ccc(OC)c(C(=O)c3ccc([N+](=O)[O-])cc3)c2)cc1C(=O)c1ccc([N+](=O)[O-])cc1. The quantitative estimate of drug-likeness (QED) is 0.115. The van der Waals surface area contributed by atoms with Crippen molar-refractivity contribution in [3.8, 4) is 11.5 Å². The molecule has 4 aromatic carbocycles. The molecule has 0 fully saturated rings. The number of aryl methyl sites for hydroxylation is 2. The van der Waals surface area contributed by atoms with Crippen LogP contribution in [-0.2, 0) is 12.8 Å². The molecule has 0 N–H and O–H groups in total. The molecule has 4 aromatic rings. The first-order valence-electron chi connectivity index (χ1n) is 12.6. The summed E-state index contributed by atoms with van der Waals surface area (Å²) in [6, 6.07) is 21.6. The van der Waals surface area contributed by atoms with E-state index in [-0.39, 0.29) is 22.9 Å². The lowest BCUT2D eigenvalue weighted by atomic mass is 9.96. The van der Waals surface area contributed by atoms with Crippen molar-refractivity contribution >= 4 is 22.9 Å². The van der Waals surface area contributed by atoms with Gasteiger partial charge in [0.05, 0.1) is 35.2 Å². The minimum atomic E-state index is -0.521. The van der Waals surface area contributed by atoms with Crippen molar-refractivity contribution in [2.75, 3.05) is 14.2 Å². The van der Waals surface area contributed by atoms with E-state index in [2.05, 4.69) is 0 Å². The van der Waals surface area contributed by atoms with Crippen LogP contribution in [0, 0.1) is 20.2 Å². The van der Waals surface area contributed by atoms with E-state index < -0.39 is 9.85 Å². The lowest BCUT2D eigenvalue weighted by Gasteiger charge is -2.12. The Hall–Kier alpha value is -5.38. The molecule has 0 saturated carbocycles. The van der Waals surface area contributed by atoms with Crippen LogP contribution in [0.25, 0.3) is 0 Å². The third-order valence-corrected chi connectivity index (χ3v) is 6.63. The molecule has 10 heteroatoms. The molecule has 4 rings (SSSR count). The summed E-state index contributed by atoms with van der Waals surface area (Å²) in [5.41, 5.74) is 2.97. The third-order valence-electron chi connectivity index (χ3n) is 6.63. The van der Waals surface area contributed by atoms with Crippen molar-refractivity contribution in [2.45, 2.75) is 19.3 Å². The topological polar surface area (TPSA) is 139 Å². The van der Waals surface area contributed by atoms with Gasteiger partial charge >= 0.3 is 0 Å². The molecule has 10 nitrogen and oxygen atoms in total. The van der Waals surface area contributed by atoms with Crippen LogP contribution in [-0.4, -0.2) is 35.6 Å². The molecule has 0 bridgehead atoms. The maximum absolute atomic E-state index is 13.2. The Labute approximate surface area is 235 Å². The molecule has 0 heterocycles. The normalized spacial score (nSPS) is 10.6. The van der Waals surface area contributed by atoms with Crippen LogP contribution < -0.4 is 9.47 Å². The highest BCUT2D eigenvalue weighted by molar-refractivity contribution is 6.11. The first-order valence-corrected chi connectivity index (χ1v) is 12.6. The fraction of sp³-hybridized carbons (Fsp3) is 0.161. The second-order valence-corrected chi connectivity index (χ2v) is 9.19. The number of carbonyl (C=O) groups is 2. The van der Waals surface area contributed by atoms with Crippen LogP contribution in [0.15, 0.2) is 84.9 Å². The van der Waals surface area contributed by atoms with E-state index in [0.717, 1.165) is 17.5 Å². The number of rotatable bonds is 12. The molecule has 0 aliphatic rings. The lowest BCUT2D eigenvalue weighted by Crippen LogP contribution is -2.06. The maximum atomic E-state index is 13.2. The summed E-state index contributed by atoms with van der Waals surface area (Å²) in [4.78, 5) is 47.2. The molecule has 0 saturated heterocycles. The van der Waals surface area contributed by atoms with Crippen molar-refractivity contribution < 1.29 is 28.9 Å². The first kappa shape index (κ1) is 28.6. The Morgan fingerprint density at radius 2 is 0.976 bits per heavy atom. The van der Waals surface area contributed by atoms with Gasteiger partial charge in [-0.05, 0) is 78.9 Å². The molecule has 0 radical (unpaired) electrons. The Kier molecular flexibility index (Phi) is 8.83. The lowest BCUT2D eigenvalue weighted by molar-refractivity contribution is -0.385. The van der Waals surface area contributed by atoms with Crippen molar-refractivity contribution in [2.24, 2.45) is 0 Å². The number of nitro benzene ring substituents is 2. The summed E-state index contributed by atoms with van der Waals surface area (Å²) in [5, 5.41) is 21.9. The van der Waals surface area contributed by atoms with Gasteiger partial charge in [-0.2, -0.15) is 0 Å². The second-order valence-electron chi connectivity index (χ2n) is 9.19. The zero-order valence-electron chi connectivity index (χ0n) is 22.4. The Balaban J connectivity index is 1.48. The van der Waals surface area contributed by atoms with Gasteiger partial charge in [-0.3, -0.25) is 29.8 Å². The van der Waals surface area contributed by atoms with E-state index in [0.29, 0.717) is 46.6 Å². The maximum Gasteiger partial charge on any atom is 0.269 e. The fourth-order valence-corrected chi connectivity index (χ4v) is 4.45. The summed E-state index contributed by atoms with van der Waals surface area (Å²) >= 11 is 0. The van der Waals surface area contributed by atoms with Gasteiger partial charge in [0.1, 0.15) is 11.5 Å². The summed E-state index contributed by atoms with van der Waals surface area (Å²) in [6.45, 7) is 0. The van der Waals surface area contributed by atoms with Crippen molar-refractivity contribution in [1.82, 2.24) is 0 Å². The van der Waals surface area contributed by atoms with E-state index in [1.807, 2.05) is 12.1 Å². The number of non-ortho nitro benzene ring substituents is 2. The average molecular weight is 555 g/mol. The minimum absolute atomic E-state index is 0.0987. The van der Waals surface area contributed by atoms with E-state index in [1.165, 1.54) is 62.8 Å². The number of ether oxygens (including phenoxy) is 2. The van der Waals surface area contributed by atoms with E-state index in [9.17, 15) is 29.8 Å². The molecule has 0 unspecified atom stereocenters. The predicted molar refractivity (Wildman–Crippen MR) is 151 cm³/mol. The average Bonchev–Trinajstić information content (AvgIpc) is 3.00. The molecule has 0 aromatic heterocycles. The van der Waals surface area contributed by atoms with Crippen LogP contribution in [0.2, 0.25) is 0 Å². The van der Waals surface area contributed by atoms with Gasteiger partial charge in [-0.1, -0.05) is 12.1 Å². The van der Waals surface area contributed by atoms with Crippen molar-refractivity contribution in [3.63, 3.8) is 0 Å². The number of ketones is 2. The zero-order valence-corrected chi connectivity index (χ0v) is 22.4. The standard InChI is InChI=1S/C31H26N2O8/c1-40-28-16-6-20(18-26(28)30(34)22-8-12-24(13-9-22)32(36)37)4-3-5-21-7-17-29(41-2)27(19-21)31(35)23-10-14-25(15-11-23)33(38)39/h6-19H,3-5H2,1-2H3. The fourth-order valence-electron chi connectivity index (χ4n) is 4.45. The Morgan fingerprint density at radius 1 is 0.610 bits per heavy atom. The van der Waals surface area contributed by atoms with Crippen LogP contribution in [0.1, 0.15) is 49.4 Å². The number of hydrogen-bond donors (Lipinski definition) is 0. The number of benzene rings is 4. The van der Waals surface area contributed by atoms with Crippen LogP contribution in [0.5, 0.6) is 11.5 Å². The predicted octanol–water partition coefficient (Wildman–Crippen LogP) is 6.16. The highest BCUT2D eigenvalue weighted by Crippen LogP contribution is 2.27. The van der Waals surface area contributed by atoms with Crippen LogP contribution in [0.3, 0.4) is 0 Å². The number of nitrogens with zero attached hydrogens (tertiary/aromatic N) is 2. The second kappa shape index (κ2) is 12.6. The molecular weight excluding hydrogens is 528 g/mol.